The quantitative estimate of drug-likeness (QED) is 0.0348. The van der Waals surface area contributed by atoms with E-state index in [1.54, 1.807) is 27.7 Å². The molecule has 2 aliphatic heterocycles. The summed E-state index contributed by atoms with van der Waals surface area (Å²) >= 11 is 0. The monoisotopic (exact) mass is 1100 g/mol. The molecular formula is C56H107BN3O17-. The van der Waals surface area contributed by atoms with Crippen LogP contribution in [0.4, 0.5) is 0 Å². The van der Waals surface area contributed by atoms with Gasteiger partial charge in [-0.3, -0.25) is 19.2 Å². The fourth-order valence-corrected chi connectivity index (χ4v) is 3.69. The molecule has 77 heavy (non-hydrogen) atoms. The molecule has 0 saturated carbocycles. The Morgan fingerprint density at radius 1 is 0.519 bits per heavy atom. The normalized spacial score (nSPS) is 14.5. The Morgan fingerprint density at radius 2 is 0.792 bits per heavy atom. The molecule has 2 heterocycles. The topological polar surface area (TPSA) is 239 Å². The molecule has 2 aliphatic rings. The molecule has 3 unspecified atom stereocenters. The zero-order valence-corrected chi connectivity index (χ0v) is 50.6. The Bertz CT molecular complexity index is 1700. The van der Waals surface area contributed by atoms with E-state index < -0.39 is 17.5 Å². The summed E-state index contributed by atoms with van der Waals surface area (Å²) in [4.78, 5) is 83.9. The van der Waals surface area contributed by atoms with Crippen molar-refractivity contribution in [3.8, 4) is 0 Å². The third kappa shape index (κ3) is 47.1. The van der Waals surface area contributed by atoms with Crippen molar-refractivity contribution in [2.45, 2.75) is 141 Å². The number of epoxide rings is 2. The molecule has 21 heteroatoms. The lowest BCUT2D eigenvalue weighted by atomic mass is 9.91. The SMILES string of the molecule is C=C(C)C(=O)OCC1CO1.C=C(C)C(=O)OCCN(C)C.C=CC(=O)OCC(O)COC(=O)C(C)(C)CC.CCC(C)(C)C(=O)OCC1CO1.CCC(C)(C)C(=O)OCCN(C)C.CCC(C)(C)C(=O)OCCN(C)C.[BH4-]. The fourth-order valence-electron chi connectivity index (χ4n) is 3.69. The second-order valence-electron chi connectivity index (χ2n) is 21.5. The van der Waals surface area contributed by atoms with E-state index in [2.05, 4.69) is 24.5 Å². The van der Waals surface area contributed by atoms with E-state index in [0.29, 0.717) is 57.2 Å². The standard InChI is InChI=1S/C12H20O5.2C10H21NO2.C9H16O3.C8H15NO2.C7H10O3.BH4/c1-5-10(14)16-7-9(13)8-17-11(15)12(3,4)6-2;2*1-6-10(2,3)9(12)13-8-7-11(4)5;1-4-9(2,3)8(10)12-6-7-5-11-7;1-7(2)8(10)11-6-5-9(3)4;1-5(2)7(8)10-4-6-3-9-6;/h5,9,13H,1,6-8H2,2-4H3;2*6-8H2,1-5H3;7H,4-6H2,1-3H3;1,5-6H2,2-4H3;6H,1,3-4H2,2H3;1H4/q;;;;;;-1. The number of likely N-dealkylation sites (N-methyl/N-ethyl adjacent to an activating group) is 3. The van der Waals surface area contributed by atoms with Crippen molar-refractivity contribution in [2.24, 2.45) is 21.7 Å². The number of carbonyl (C=O) groups is 7. The molecule has 3 atom stereocenters. The molecule has 0 bridgehead atoms. The number of rotatable bonds is 28. The highest BCUT2D eigenvalue weighted by atomic mass is 16.6. The summed E-state index contributed by atoms with van der Waals surface area (Å²) in [6.45, 7) is 41.7. The molecule has 0 spiro atoms. The summed E-state index contributed by atoms with van der Waals surface area (Å²) in [7, 11) is 11.7. The van der Waals surface area contributed by atoms with Gasteiger partial charge in [0.2, 0.25) is 0 Å². The van der Waals surface area contributed by atoms with E-state index >= 15 is 0 Å². The van der Waals surface area contributed by atoms with Gasteiger partial charge in [-0.15, -0.1) is 0 Å². The van der Waals surface area contributed by atoms with Gasteiger partial charge in [0.15, 0.2) is 0 Å². The van der Waals surface area contributed by atoms with Crippen LogP contribution in [-0.2, 0) is 76.2 Å². The maximum atomic E-state index is 11.5. The van der Waals surface area contributed by atoms with E-state index in [1.165, 1.54) is 0 Å². The highest BCUT2D eigenvalue weighted by Crippen LogP contribution is 2.24. The van der Waals surface area contributed by atoms with Crippen molar-refractivity contribution in [1.82, 2.24) is 14.7 Å². The van der Waals surface area contributed by atoms with Gasteiger partial charge in [-0.1, -0.05) is 55.8 Å². The van der Waals surface area contributed by atoms with E-state index in [-0.39, 0.29) is 85.9 Å². The molecule has 0 aromatic carbocycles. The van der Waals surface area contributed by atoms with Crippen LogP contribution in [0.15, 0.2) is 37.0 Å². The van der Waals surface area contributed by atoms with Crippen LogP contribution < -0.4 is 0 Å². The smallest absolute Gasteiger partial charge is 0.333 e. The lowest BCUT2D eigenvalue weighted by Gasteiger charge is -2.21. The summed E-state index contributed by atoms with van der Waals surface area (Å²) in [5.41, 5.74) is -0.727. The Balaban J connectivity index is -0.000000270. The molecule has 2 fully saturated rings. The molecule has 0 amide bonds. The average molecular weight is 1110 g/mol. The molecule has 20 nitrogen and oxygen atoms in total. The van der Waals surface area contributed by atoms with Gasteiger partial charge >= 0.3 is 41.8 Å². The Kier molecular flexibility index (Phi) is 45.6. The maximum absolute atomic E-state index is 11.5. The molecule has 0 aliphatic carbocycles. The van der Waals surface area contributed by atoms with E-state index in [4.69, 9.17) is 37.9 Å². The van der Waals surface area contributed by atoms with Crippen molar-refractivity contribution in [3.05, 3.63) is 37.0 Å². The minimum Gasteiger partial charge on any atom is -0.464 e. The molecule has 2 rings (SSSR count). The number of esters is 7. The van der Waals surface area contributed by atoms with Crippen LogP contribution in [-0.4, -0.2) is 210 Å². The Morgan fingerprint density at radius 3 is 1.08 bits per heavy atom. The third-order valence-electron chi connectivity index (χ3n) is 11.4. The van der Waals surface area contributed by atoms with Gasteiger partial charge in [-0.2, -0.15) is 0 Å². The van der Waals surface area contributed by atoms with Gasteiger partial charge < -0.3 is 62.4 Å². The van der Waals surface area contributed by atoms with Crippen molar-refractivity contribution >= 4 is 50.2 Å². The van der Waals surface area contributed by atoms with E-state index in [1.807, 2.05) is 126 Å². The Labute approximate surface area is 465 Å². The van der Waals surface area contributed by atoms with Crippen LogP contribution in [0.5, 0.6) is 0 Å². The first-order valence-corrected chi connectivity index (χ1v) is 25.9. The number of hydrogen-bond acceptors (Lipinski definition) is 20. The molecule has 0 radical (unpaired) electrons. The van der Waals surface area contributed by atoms with Gasteiger partial charge in [0.25, 0.3) is 0 Å². The van der Waals surface area contributed by atoms with Gasteiger partial charge in [-0.05, 0) is 137 Å². The molecule has 0 aromatic heterocycles. The second-order valence-corrected chi connectivity index (χ2v) is 21.5. The summed E-state index contributed by atoms with van der Waals surface area (Å²) in [5.74, 6) is -1.98. The first-order valence-electron chi connectivity index (χ1n) is 25.9. The van der Waals surface area contributed by atoms with Crippen LogP contribution >= 0.6 is 0 Å². The van der Waals surface area contributed by atoms with Crippen molar-refractivity contribution in [2.75, 3.05) is 121 Å². The highest BCUT2D eigenvalue weighted by molar-refractivity contribution is 5.87. The predicted octanol–water partition coefficient (Wildman–Crippen LogP) is 5.20. The minimum absolute atomic E-state index is 0. The first-order chi connectivity index (χ1) is 34.9. The molecular weight excluding hydrogens is 997 g/mol. The zero-order chi connectivity index (χ0) is 60.0. The number of aliphatic hydroxyl groups excluding tert-OH is 1. The summed E-state index contributed by atoms with van der Waals surface area (Å²) in [6, 6.07) is 0. The lowest BCUT2D eigenvalue weighted by molar-refractivity contribution is -0.159. The number of nitrogens with zero attached hydrogens (tertiary/aromatic N) is 3. The van der Waals surface area contributed by atoms with Gasteiger partial charge in [0.1, 0.15) is 64.6 Å². The van der Waals surface area contributed by atoms with Crippen LogP contribution in [0.25, 0.3) is 0 Å². The first kappa shape index (κ1) is 81.2. The zero-order valence-electron chi connectivity index (χ0n) is 50.6. The number of ether oxygens (including phenoxy) is 9. The van der Waals surface area contributed by atoms with Gasteiger partial charge in [0, 0.05) is 36.9 Å². The summed E-state index contributed by atoms with van der Waals surface area (Å²) in [6.07, 6.45) is 3.37. The van der Waals surface area contributed by atoms with E-state index in [0.717, 1.165) is 51.6 Å². The average Bonchev–Trinajstić information content (AvgIpc) is 4.31. The number of hydrogen-bond donors (Lipinski definition) is 1. The lowest BCUT2D eigenvalue weighted by Crippen LogP contribution is -2.31. The molecule has 2 saturated heterocycles. The van der Waals surface area contributed by atoms with E-state index in [9.17, 15) is 38.7 Å². The van der Waals surface area contributed by atoms with Gasteiger partial charge in [0.05, 0.1) is 34.9 Å². The summed E-state index contributed by atoms with van der Waals surface area (Å²) < 4.78 is 44.2. The van der Waals surface area contributed by atoms with Crippen LogP contribution in [0.1, 0.15) is 123 Å². The maximum Gasteiger partial charge on any atom is 0.333 e. The van der Waals surface area contributed by atoms with Crippen molar-refractivity contribution in [3.63, 3.8) is 0 Å². The second kappa shape index (κ2) is 43.2. The van der Waals surface area contributed by atoms with Crippen LogP contribution in [0, 0.1) is 21.7 Å². The van der Waals surface area contributed by atoms with Crippen molar-refractivity contribution < 1.29 is 81.3 Å². The van der Waals surface area contributed by atoms with Crippen molar-refractivity contribution in [1.29, 1.82) is 0 Å². The van der Waals surface area contributed by atoms with Crippen LogP contribution in [0.2, 0.25) is 0 Å². The molecule has 0 aromatic rings. The molecule has 452 valence electrons. The number of aliphatic hydroxyl groups is 1. The number of carbonyl (C=O) groups excluding carboxylic acids is 7. The van der Waals surface area contributed by atoms with Gasteiger partial charge in [-0.25, -0.2) is 14.4 Å². The predicted molar refractivity (Wildman–Crippen MR) is 305 cm³/mol. The highest BCUT2D eigenvalue weighted by Gasteiger charge is 2.32. The largest absolute Gasteiger partial charge is 0.464 e. The minimum atomic E-state index is -1.02. The Hall–Kier alpha value is -4.67. The molecule has 1 N–H and O–H groups in total. The third-order valence-corrected chi connectivity index (χ3v) is 11.4. The van der Waals surface area contributed by atoms with Crippen LogP contribution in [0.3, 0.4) is 0 Å². The summed E-state index contributed by atoms with van der Waals surface area (Å²) in [5, 5.41) is 9.39. The fraction of sp³-hybridized carbons (Fsp3) is 0.768.